The van der Waals surface area contributed by atoms with Gasteiger partial charge in [-0.1, -0.05) is 23.4 Å². The number of hydrogen-bond donors (Lipinski definition) is 1. The maximum Gasteiger partial charge on any atom is 0.250 e. The Hall–Kier alpha value is -1.13. The molecular formula is C11H18ClN3O. The number of hydrogen-bond acceptors (Lipinski definition) is 4. The first kappa shape index (κ1) is 14.9. The van der Waals surface area contributed by atoms with Gasteiger partial charge in [-0.15, -0.1) is 12.4 Å². The maximum absolute atomic E-state index is 5.05. The Bertz CT molecular complexity index is 347. The minimum atomic E-state index is 0. The fourth-order valence-corrected chi connectivity index (χ4v) is 1.04. The van der Waals surface area contributed by atoms with Gasteiger partial charge in [-0.3, -0.25) is 0 Å². The molecule has 1 rings (SSSR count). The number of likely N-dealkylation sites (N-methyl/N-ethyl adjacent to an activating group) is 1. The van der Waals surface area contributed by atoms with Gasteiger partial charge in [-0.2, -0.15) is 4.98 Å². The third-order valence-corrected chi connectivity index (χ3v) is 2.01. The van der Waals surface area contributed by atoms with Crippen LogP contribution in [0.15, 0.2) is 22.8 Å². The highest BCUT2D eigenvalue weighted by molar-refractivity contribution is 5.85. The largest absolute Gasteiger partial charge is 0.335 e. The lowest BCUT2D eigenvalue weighted by Crippen LogP contribution is -2.24. The zero-order valence-electron chi connectivity index (χ0n) is 9.80. The van der Waals surface area contributed by atoms with Crippen LogP contribution in [0.25, 0.3) is 6.08 Å². The normalized spacial score (nSPS) is 13.2. The van der Waals surface area contributed by atoms with Gasteiger partial charge in [0.1, 0.15) is 0 Å². The molecule has 5 heteroatoms. The molecule has 1 heterocycles. The van der Waals surface area contributed by atoms with Crippen LogP contribution in [0.1, 0.15) is 25.6 Å². The Balaban J connectivity index is 0.00000225. The third-order valence-electron chi connectivity index (χ3n) is 2.01. The lowest BCUT2D eigenvalue weighted by molar-refractivity contribution is 0.399. The molecule has 1 unspecified atom stereocenters. The van der Waals surface area contributed by atoms with Crippen LogP contribution in [0.3, 0.4) is 0 Å². The molecule has 0 aromatic carbocycles. The van der Waals surface area contributed by atoms with Crippen LogP contribution >= 0.6 is 12.4 Å². The van der Waals surface area contributed by atoms with Gasteiger partial charge in [-0.05, 0) is 20.9 Å². The van der Waals surface area contributed by atoms with E-state index in [9.17, 15) is 0 Å². The summed E-state index contributed by atoms with van der Waals surface area (Å²) < 4.78 is 5.05. The van der Waals surface area contributed by atoms with Crippen LogP contribution in [0, 0.1) is 0 Å². The van der Waals surface area contributed by atoms with Crippen molar-refractivity contribution < 1.29 is 4.52 Å². The quantitative estimate of drug-likeness (QED) is 0.806. The predicted molar refractivity (Wildman–Crippen MR) is 67.6 cm³/mol. The zero-order chi connectivity index (χ0) is 11.1. The van der Waals surface area contributed by atoms with Gasteiger partial charge in [0.05, 0.1) is 0 Å². The van der Waals surface area contributed by atoms with E-state index in [0.29, 0.717) is 11.9 Å². The Morgan fingerprint density at radius 2 is 2.19 bits per heavy atom. The van der Waals surface area contributed by atoms with Gasteiger partial charge >= 0.3 is 0 Å². The summed E-state index contributed by atoms with van der Waals surface area (Å²) in [5.74, 6) is 1.28. The van der Waals surface area contributed by atoms with Gasteiger partial charge < -0.3 is 9.84 Å². The van der Waals surface area contributed by atoms with E-state index in [-0.39, 0.29) is 12.4 Å². The second kappa shape index (κ2) is 8.07. The fraction of sp³-hybridized carbons (Fsp3) is 0.455. The van der Waals surface area contributed by atoms with E-state index in [2.05, 4.69) is 22.4 Å². The van der Waals surface area contributed by atoms with Gasteiger partial charge in [0.25, 0.3) is 5.89 Å². The van der Waals surface area contributed by atoms with Crippen molar-refractivity contribution in [3.8, 4) is 0 Å². The summed E-state index contributed by atoms with van der Waals surface area (Å²) in [6, 6.07) is 0.356. The topological polar surface area (TPSA) is 51.0 Å². The minimum absolute atomic E-state index is 0. The lowest BCUT2D eigenvalue weighted by Gasteiger charge is -2.04. The van der Waals surface area contributed by atoms with E-state index < -0.39 is 0 Å². The molecule has 0 spiro atoms. The summed E-state index contributed by atoms with van der Waals surface area (Å²) in [4.78, 5) is 4.23. The van der Waals surface area contributed by atoms with E-state index >= 15 is 0 Å². The number of nitrogens with one attached hydrogen (secondary N) is 1. The van der Waals surface area contributed by atoms with Gasteiger partial charge in [0.15, 0.2) is 5.82 Å². The highest BCUT2D eigenvalue weighted by atomic mass is 35.5. The molecule has 1 N–H and O–H groups in total. The summed E-state index contributed by atoms with van der Waals surface area (Å²) in [6.07, 6.45) is 8.30. The first-order valence-corrected chi connectivity index (χ1v) is 5.05. The minimum Gasteiger partial charge on any atom is -0.335 e. The molecule has 1 aromatic rings. The monoisotopic (exact) mass is 243 g/mol. The van der Waals surface area contributed by atoms with Crippen LogP contribution in [0.5, 0.6) is 0 Å². The van der Waals surface area contributed by atoms with E-state index in [1.165, 1.54) is 0 Å². The molecule has 0 bridgehead atoms. The summed E-state index contributed by atoms with van der Waals surface area (Å²) >= 11 is 0. The van der Waals surface area contributed by atoms with Gasteiger partial charge in [0, 0.05) is 18.5 Å². The highest BCUT2D eigenvalue weighted by Gasteiger charge is 2.06. The summed E-state index contributed by atoms with van der Waals surface area (Å²) in [6.45, 7) is 4.03. The molecule has 0 radical (unpaired) electrons. The Morgan fingerprint density at radius 1 is 1.44 bits per heavy atom. The first-order chi connectivity index (χ1) is 7.26. The number of nitrogens with zero attached hydrogens (tertiary/aromatic N) is 2. The molecular weight excluding hydrogens is 226 g/mol. The van der Waals surface area contributed by atoms with Crippen LogP contribution in [-0.2, 0) is 6.42 Å². The fourth-order valence-electron chi connectivity index (χ4n) is 1.04. The van der Waals surface area contributed by atoms with Crippen LogP contribution in [-0.4, -0.2) is 23.2 Å². The van der Waals surface area contributed by atoms with Crippen molar-refractivity contribution in [2.45, 2.75) is 26.3 Å². The zero-order valence-corrected chi connectivity index (χ0v) is 10.6. The molecule has 0 aliphatic carbocycles. The number of allylic oxidation sites excluding steroid dienone is 3. The number of aromatic nitrogens is 2. The second-order valence-corrected chi connectivity index (χ2v) is 3.33. The summed E-state index contributed by atoms with van der Waals surface area (Å²) in [7, 11) is 1.91. The van der Waals surface area contributed by atoms with E-state index in [1.807, 2.05) is 32.2 Å². The molecule has 1 aromatic heterocycles. The van der Waals surface area contributed by atoms with Crippen molar-refractivity contribution in [1.29, 1.82) is 0 Å². The first-order valence-electron chi connectivity index (χ1n) is 5.05. The van der Waals surface area contributed by atoms with Crippen molar-refractivity contribution in [3.05, 3.63) is 29.9 Å². The number of halogens is 1. The lowest BCUT2D eigenvalue weighted by atomic mass is 10.2. The molecule has 16 heavy (non-hydrogen) atoms. The Labute approximate surface area is 102 Å². The molecule has 4 nitrogen and oxygen atoms in total. The standard InChI is InChI=1S/C11H17N3O.ClH/c1-4-5-6-7-11-13-10(14-15-11)8-9(2)12-3;/h4-7,9,12H,8H2,1-3H3;1H/b5-4+,7-6+;. The summed E-state index contributed by atoms with van der Waals surface area (Å²) in [5.41, 5.74) is 0. The smallest absolute Gasteiger partial charge is 0.250 e. The second-order valence-electron chi connectivity index (χ2n) is 3.33. The van der Waals surface area contributed by atoms with Crippen molar-refractivity contribution in [3.63, 3.8) is 0 Å². The molecule has 90 valence electrons. The van der Waals surface area contributed by atoms with Crippen LogP contribution in [0.2, 0.25) is 0 Å². The summed E-state index contributed by atoms with van der Waals surface area (Å²) in [5, 5.41) is 7.01. The average molecular weight is 244 g/mol. The van der Waals surface area contributed by atoms with Crippen molar-refractivity contribution in [2.24, 2.45) is 0 Å². The highest BCUT2D eigenvalue weighted by Crippen LogP contribution is 2.02. The van der Waals surface area contributed by atoms with E-state index in [4.69, 9.17) is 4.52 Å². The van der Waals surface area contributed by atoms with Gasteiger partial charge in [-0.25, -0.2) is 0 Å². The maximum atomic E-state index is 5.05. The van der Waals surface area contributed by atoms with Crippen molar-refractivity contribution in [2.75, 3.05) is 7.05 Å². The molecule has 0 aliphatic rings. The Kier molecular flexibility index (Phi) is 7.50. The average Bonchev–Trinajstić information content (AvgIpc) is 2.66. The Morgan fingerprint density at radius 3 is 2.81 bits per heavy atom. The molecule has 1 atom stereocenters. The predicted octanol–water partition coefficient (Wildman–Crippen LogP) is 2.23. The number of rotatable bonds is 5. The molecule has 0 fully saturated rings. The van der Waals surface area contributed by atoms with Gasteiger partial charge in [0.2, 0.25) is 0 Å². The van der Waals surface area contributed by atoms with Crippen LogP contribution in [0.4, 0.5) is 0 Å². The third kappa shape index (κ3) is 5.09. The SMILES string of the molecule is C/C=C/C=C/c1nc(CC(C)NC)no1.Cl. The molecule has 0 aliphatic heterocycles. The molecule has 0 saturated carbocycles. The molecule has 0 saturated heterocycles. The van der Waals surface area contributed by atoms with Crippen molar-refractivity contribution in [1.82, 2.24) is 15.5 Å². The van der Waals surface area contributed by atoms with E-state index in [1.54, 1.807) is 6.08 Å². The van der Waals surface area contributed by atoms with E-state index in [0.717, 1.165) is 12.2 Å². The van der Waals surface area contributed by atoms with Crippen LogP contribution < -0.4 is 5.32 Å². The molecule has 0 amide bonds. The van der Waals surface area contributed by atoms with Crippen molar-refractivity contribution >= 4 is 18.5 Å².